The van der Waals surface area contributed by atoms with Crippen molar-refractivity contribution in [2.45, 2.75) is 53.1 Å². The van der Waals surface area contributed by atoms with Crippen LogP contribution in [0.3, 0.4) is 0 Å². The second kappa shape index (κ2) is 8.29. The summed E-state index contributed by atoms with van der Waals surface area (Å²) in [4.78, 5) is 25.8. The van der Waals surface area contributed by atoms with Gasteiger partial charge in [-0.25, -0.2) is 0 Å². The molecule has 24 heavy (non-hydrogen) atoms. The summed E-state index contributed by atoms with van der Waals surface area (Å²) in [6.45, 7) is 9.34. The number of benzene rings is 1. The first-order valence-corrected chi connectivity index (χ1v) is 8.61. The Kier molecular flexibility index (Phi) is 6.37. The summed E-state index contributed by atoms with van der Waals surface area (Å²) in [5, 5.41) is 2.99. The van der Waals surface area contributed by atoms with Crippen LogP contribution >= 0.6 is 0 Å². The third-order valence-electron chi connectivity index (χ3n) is 4.44. The lowest BCUT2D eigenvalue weighted by Gasteiger charge is -2.24. The molecule has 1 atom stereocenters. The van der Waals surface area contributed by atoms with Gasteiger partial charge in [0.05, 0.1) is 6.10 Å². The monoisotopic (exact) mass is 332 g/mol. The number of anilines is 1. The minimum Gasteiger partial charge on any atom is -0.376 e. The Morgan fingerprint density at radius 3 is 2.46 bits per heavy atom. The van der Waals surface area contributed by atoms with E-state index in [0.29, 0.717) is 19.5 Å². The number of amides is 2. The molecule has 2 amide bonds. The quantitative estimate of drug-likeness (QED) is 0.871. The number of aryl methyl sites for hydroxylation is 3. The molecule has 132 valence electrons. The van der Waals surface area contributed by atoms with Crippen LogP contribution in [0.2, 0.25) is 0 Å². The Balaban J connectivity index is 1.90. The lowest BCUT2D eigenvalue weighted by atomic mass is 10.0. The lowest BCUT2D eigenvalue weighted by molar-refractivity contribution is -0.130. The highest BCUT2D eigenvalue weighted by atomic mass is 16.5. The van der Waals surface area contributed by atoms with E-state index in [1.165, 1.54) is 5.56 Å². The number of hydrogen-bond acceptors (Lipinski definition) is 3. The molecule has 2 rings (SSSR count). The summed E-state index contributed by atoms with van der Waals surface area (Å²) in [5.74, 6) is -0.0790. The minimum absolute atomic E-state index is 0.0130. The molecule has 1 saturated heterocycles. The van der Waals surface area contributed by atoms with E-state index in [4.69, 9.17) is 4.74 Å². The van der Waals surface area contributed by atoms with Gasteiger partial charge in [-0.3, -0.25) is 9.59 Å². The fourth-order valence-corrected chi connectivity index (χ4v) is 3.23. The first-order chi connectivity index (χ1) is 11.4. The molecule has 0 radical (unpaired) electrons. The Morgan fingerprint density at radius 1 is 1.25 bits per heavy atom. The van der Waals surface area contributed by atoms with E-state index < -0.39 is 0 Å². The van der Waals surface area contributed by atoms with Crippen LogP contribution in [-0.4, -0.2) is 42.5 Å². The normalized spacial score (nSPS) is 16.9. The zero-order chi connectivity index (χ0) is 17.7. The summed E-state index contributed by atoms with van der Waals surface area (Å²) in [7, 11) is 0. The number of ether oxygens (including phenoxy) is 1. The molecule has 1 fully saturated rings. The zero-order valence-electron chi connectivity index (χ0n) is 15.1. The van der Waals surface area contributed by atoms with Crippen LogP contribution in [0, 0.1) is 20.8 Å². The van der Waals surface area contributed by atoms with E-state index >= 15 is 0 Å². The molecule has 0 saturated carbocycles. The predicted molar refractivity (Wildman–Crippen MR) is 95.1 cm³/mol. The van der Waals surface area contributed by atoms with Crippen molar-refractivity contribution in [1.82, 2.24) is 4.90 Å². The van der Waals surface area contributed by atoms with Gasteiger partial charge in [-0.05, 0) is 44.7 Å². The van der Waals surface area contributed by atoms with E-state index in [1.54, 1.807) is 11.8 Å². The van der Waals surface area contributed by atoms with Crippen molar-refractivity contribution >= 4 is 17.5 Å². The van der Waals surface area contributed by atoms with Gasteiger partial charge in [-0.15, -0.1) is 0 Å². The fourth-order valence-electron chi connectivity index (χ4n) is 3.23. The lowest BCUT2D eigenvalue weighted by Crippen LogP contribution is -2.37. The highest BCUT2D eigenvalue weighted by Crippen LogP contribution is 2.22. The number of nitrogens with one attached hydrogen (secondary N) is 1. The van der Waals surface area contributed by atoms with Crippen LogP contribution in [0.15, 0.2) is 12.1 Å². The van der Waals surface area contributed by atoms with Crippen molar-refractivity contribution < 1.29 is 14.3 Å². The fraction of sp³-hybridized carbons (Fsp3) is 0.579. The van der Waals surface area contributed by atoms with Gasteiger partial charge in [0.15, 0.2) is 0 Å². The average Bonchev–Trinajstić information content (AvgIpc) is 3.00. The molecular formula is C19H28N2O3. The first-order valence-electron chi connectivity index (χ1n) is 8.61. The molecule has 0 aromatic heterocycles. The molecule has 1 N–H and O–H groups in total. The van der Waals surface area contributed by atoms with Crippen molar-refractivity contribution in [2.75, 3.05) is 25.0 Å². The van der Waals surface area contributed by atoms with Gasteiger partial charge in [-0.2, -0.15) is 0 Å². The third-order valence-corrected chi connectivity index (χ3v) is 4.44. The SMILES string of the molecule is CC(=O)N(CCC(=O)Nc1c(C)cc(C)cc1C)CC1CCCO1. The van der Waals surface area contributed by atoms with Gasteiger partial charge in [0.2, 0.25) is 11.8 Å². The molecule has 1 aliphatic rings. The van der Waals surface area contributed by atoms with E-state index in [-0.39, 0.29) is 17.9 Å². The number of nitrogens with zero attached hydrogens (tertiary/aromatic N) is 1. The van der Waals surface area contributed by atoms with E-state index in [0.717, 1.165) is 36.3 Å². The standard InChI is InChI=1S/C19H28N2O3/c1-13-10-14(2)19(15(3)11-13)20-18(23)7-8-21(16(4)22)12-17-6-5-9-24-17/h10-11,17H,5-9,12H2,1-4H3,(H,20,23). The summed E-state index contributed by atoms with van der Waals surface area (Å²) in [6, 6.07) is 4.11. The van der Waals surface area contributed by atoms with Crippen molar-refractivity contribution in [3.05, 3.63) is 28.8 Å². The van der Waals surface area contributed by atoms with Crippen molar-refractivity contribution in [1.29, 1.82) is 0 Å². The second-order valence-electron chi connectivity index (χ2n) is 6.67. The zero-order valence-corrected chi connectivity index (χ0v) is 15.1. The van der Waals surface area contributed by atoms with Crippen LogP contribution in [-0.2, 0) is 14.3 Å². The molecule has 1 unspecified atom stereocenters. The topological polar surface area (TPSA) is 58.6 Å². The Morgan fingerprint density at radius 2 is 1.92 bits per heavy atom. The number of hydrogen-bond donors (Lipinski definition) is 1. The van der Waals surface area contributed by atoms with Crippen LogP contribution in [0.1, 0.15) is 42.9 Å². The molecule has 5 heteroatoms. The maximum atomic E-state index is 12.3. The summed E-state index contributed by atoms with van der Waals surface area (Å²) >= 11 is 0. The molecular weight excluding hydrogens is 304 g/mol. The highest BCUT2D eigenvalue weighted by Gasteiger charge is 2.21. The Bertz CT molecular complexity index is 584. The first kappa shape index (κ1) is 18.5. The molecule has 0 spiro atoms. The van der Waals surface area contributed by atoms with Crippen molar-refractivity contribution in [3.63, 3.8) is 0 Å². The smallest absolute Gasteiger partial charge is 0.226 e. The van der Waals surface area contributed by atoms with Crippen LogP contribution in [0.5, 0.6) is 0 Å². The average molecular weight is 332 g/mol. The number of carbonyl (C=O) groups excluding carboxylic acids is 2. The Hall–Kier alpha value is -1.88. The molecule has 0 bridgehead atoms. The van der Waals surface area contributed by atoms with Gasteiger partial charge >= 0.3 is 0 Å². The van der Waals surface area contributed by atoms with Crippen molar-refractivity contribution in [2.24, 2.45) is 0 Å². The second-order valence-corrected chi connectivity index (χ2v) is 6.67. The number of rotatable bonds is 6. The number of carbonyl (C=O) groups is 2. The van der Waals surface area contributed by atoms with Crippen LogP contribution < -0.4 is 5.32 Å². The van der Waals surface area contributed by atoms with Gasteiger partial charge in [-0.1, -0.05) is 17.7 Å². The van der Waals surface area contributed by atoms with E-state index in [9.17, 15) is 9.59 Å². The maximum absolute atomic E-state index is 12.3. The van der Waals surface area contributed by atoms with Crippen LogP contribution in [0.4, 0.5) is 5.69 Å². The molecule has 1 aromatic rings. The highest BCUT2D eigenvalue weighted by molar-refractivity contribution is 5.92. The van der Waals surface area contributed by atoms with Gasteiger partial charge < -0.3 is 15.0 Å². The Labute approximate surface area is 144 Å². The van der Waals surface area contributed by atoms with E-state index in [1.807, 2.05) is 20.8 Å². The summed E-state index contributed by atoms with van der Waals surface area (Å²) < 4.78 is 5.58. The van der Waals surface area contributed by atoms with Gasteiger partial charge in [0.25, 0.3) is 0 Å². The molecule has 5 nitrogen and oxygen atoms in total. The molecule has 1 aromatic carbocycles. The molecule has 1 heterocycles. The van der Waals surface area contributed by atoms with Gasteiger partial charge in [0.1, 0.15) is 0 Å². The van der Waals surface area contributed by atoms with E-state index in [2.05, 4.69) is 17.4 Å². The van der Waals surface area contributed by atoms with Crippen molar-refractivity contribution in [3.8, 4) is 0 Å². The third kappa shape index (κ3) is 5.06. The maximum Gasteiger partial charge on any atom is 0.226 e. The molecule has 1 aliphatic heterocycles. The molecule has 0 aliphatic carbocycles. The summed E-state index contributed by atoms with van der Waals surface area (Å²) in [5.41, 5.74) is 4.17. The summed E-state index contributed by atoms with van der Waals surface area (Å²) in [6.07, 6.45) is 2.43. The minimum atomic E-state index is -0.0661. The van der Waals surface area contributed by atoms with Crippen LogP contribution in [0.25, 0.3) is 0 Å². The van der Waals surface area contributed by atoms with Gasteiger partial charge in [0, 0.05) is 38.7 Å². The largest absolute Gasteiger partial charge is 0.376 e. The predicted octanol–water partition coefficient (Wildman–Crippen LogP) is 2.97.